The summed E-state index contributed by atoms with van der Waals surface area (Å²) >= 11 is 0. The number of pyridine rings is 1. The smallest absolute Gasteiger partial charge is 0.194 e. The molecule has 0 aromatic carbocycles. The van der Waals surface area contributed by atoms with E-state index < -0.39 is 9.84 Å². The number of fused-ring (bicyclic) bond motifs is 1. The zero-order valence-corrected chi connectivity index (χ0v) is 7.67. The predicted molar refractivity (Wildman–Crippen MR) is 47.0 cm³/mol. The average molecular weight is 197 g/mol. The Bertz CT molecular complexity index is 544. The normalized spacial score (nSPS) is 12.1. The number of sulfone groups is 1. The number of hydrogen-bond donors (Lipinski definition) is 1. The van der Waals surface area contributed by atoms with Crippen molar-refractivity contribution in [2.75, 3.05) is 6.26 Å². The Morgan fingerprint density at radius 3 is 2.92 bits per heavy atom. The largest absolute Gasteiger partial charge is 0.275 e. The number of aromatic amines is 1. The molecule has 0 aliphatic carbocycles. The molecule has 0 spiro atoms. The molecule has 5 nitrogen and oxygen atoms in total. The van der Waals surface area contributed by atoms with Crippen molar-refractivity contribution in [1.29, 1.82) is 0 Å². The van der Waals surface area contributed by atoms with Crippen LogP contribution < -0.4 is 0 Å². The first-order valence-electron chi connectivity index (χ1n) is 3.57. The number of rotatable bonds is 1. The lowest BCUT2D eigenvalue weighted by Crippen LogP contribution is -2.00. The van der Waals surface area contributed by atoms with E-state index in [9.17, 15) is 8.42 Å². The zero-order chi connectivity index (χ0) is 9.47. The van der Waals surface area contributed by atoms with Gasteiger partial charge in [-0.2, -0.15) is 5.10 Å². The van der Waals surface area contributed by atoms with Crippen LogP contribution in [0.4, 0.5) is 0 Å². The van der Waals surface area contributed by atoms with E-state index in [1.165, 1.54) is 6.20 Å². The molecule has 0 atom stereocenters. The van der Waals surface area contributed by atoms with Crippen LogP contribution in [0.15, 0.2) is 23.5 Å². The van der Waals surface area contributed by atoms with Gasteiger partial charge in [0.05, 0.1) is 6.20 Å². The molecule has 0 radical (unpaired) electrons. The van der Waals surface area contributed by atoms with Gasteiger partial charge in [-0.05, 0) is 6.07 Å². The topological polar surface area (TPSA) is 75.7 Å². The SMILES string of the molecule is CS(=O)(=O)c1nccc2cn[nH]c12. The Morgan fingerprint density at radius 1 is 1.46 bits per heavy atom. The van der Waals surface area contributed by atoms with Crippen LogP contribution in [0.1, 0.15) is 0 Å². The fraction of sp³-hybridized carbons (Fsp3) is 0.143. The molecule has 0 aliphatic heterocycles. The van der Waals surface area contributed by atoms with E-state index in [1.54, 1.807) is 12.3 Å². The van der Waals surface area contributed by atoms with Gasteiger partial charge in [0.25, 0.3) is 0 Å². The van der Waals surface area contributed by atoms with Crippen LogP contribution in [-0.2, 0) is 9.84 Å². The Balaban J connectivity index is 2.91. The standard InChI is InChI=1S/C7H7N3O2S/c1-13(11,12)7-6-5(2-3-8-7)4-9-10-6/h2-4H,1H3,(H,9,10). The van der Waals surface area contributed by atoms with Gasteiger partial charge in [-0.15, -0.1) is 0 Å². The van der Waals surface area contributed by atoms with Gasteiger partial charge in [-0.1, -0.05) is 0 Å². The molecule has 0 fully saturated rings. The summed E-state index contributed by atoms with van der Waals surface area (Å²) in [5.41, 5.74) is 0.463. The average Bonchev–Trinajstić information content (AvgIpc) is 2.48. The van der Waals surface area contributed by atoms with Crippen LogP contribution in [0.25, 0.3) is 10.9 Å². The summed E-state index contributed by atoms with van der Waals surface area (Å²) < 4.78 is 22.5. The van der Waals surface area contributed by atoms with Crippen molar-refractivity contribution in [3.8, 4) is 0 Å². The van der Waals surface area contributed by atoms with Crippen molar-refractivity contribution < 1.29 is 8.42 Å². The van der Waals surface area contributed by atoms with E-state index in [-0.39, 0.29) is 5.03 Å². The molecule has 0 aliphatic rings. The van der Waals surface area contributed by atoms with Gasteiger partial charge in [0.1, 0.15) is 5.52 Å². The van der Waals surface area contributed by atoms with Crippen LogP contribution in [0.2, 0.25) is 0 Å². The maximum Gasteiger partial charge on any atom is 0.194 e. The third-order valence-corrected chi connectivity index (χ3v) is 2.69. The highest BCUT2D eigenvalue weighted by Crippen LogP contribution is 2.16. The lowest BCUT2D eigenvalue weighted by Gasteiger charge is -1.96. The molecular weight excluding hydrogens is 190 g/mol. The van der Waals surface area contributed by atoms with Crippen molar-refractivity contribution in [2.45, 2.75) is 5.03 Å². The van der Waals surface area contributed by atoms with Gasteiger partial charge in [0.2, 0.25) is 0 Å². The van der Waals surface area contributed by atoms with Crippen molar-refractivity contribution in [3.05, 3.63) is 18.5 Å². The first-order valence-corrected chi connectivity index (χ1v) is 5.46. The van der Waals surface area contributed by atoms with Crippen LogP contribution in [0.5, 0.6) is 0 Å². The van der Waals surface area contributed by atoms with Gasteiger partial charge >= 0.3 is 0 Å². The Kier molecular flexibility index (Phi) is 1.59. The number of H-pyrrole nitrogens is 1. The van der Waals surface area contributed by atoms with Crippen molar-refractivity contribution >= 4 is 20.7 Å². The number of nitrogens with zero attached hydrogens (tertiary/aromatic N) is 2. The van der Waals surface area contributed by atoms with Crippen LogP contribution in [-0.4, -0.2) is 29.9 Å². The second kappa shape index (κ2) is 2.53. The molecule has 2 rings (SSSR count). The maximum atomic E-state index is 11.2. The second-order valence-corrected chi connectivity index (χ2v) is 4.65. The van der Waals surface area contributed by atoms with Crippen molar-refractivity contribution in [3.63, 3.8) is 0 Å². The summed E-state index contributed by atoms with van der Waals surface area (Å²) in [6, 6.07) is 1.70. The summed E-state index contributed by atoms with van der Waals surface area (Å²) in [7, 11) is -3.28. The molecule has 13 heavy (non-hydrogen) atoms. The van der Waals surface area contributed by atoms with E-state index in [0.29, 0.717) is 5.52 Å². The van der Waals surface area contributed by atoms with E-state index in [0.717, 1.165) is 11.6 Å². The second-order valence-electron chi connectivity index (χ2n) is 2.72. The first kappa shape index (κ1) is 8.18. The molecule has 2 aromatic rings. The highest BCUT2D eigenvalue weighted by atomic mass is 32.2. The van der Waals surface area contributed by atoms with E-state index >= 15 is 0 Å². The molecule has 2 heterocycles. The zero-order valence-electron chi connectivity index (χ0n) is 6.85. The Morgan fingerprint density at radius 2 is 2.23 bits per heavy atom. The number of aromatic nitrogens is 3. The number of hydrogen-bond acceptors (Lipinski definition) is 4. The van der Waals surface area contributed by atoms with Crippen LogP contribution >= 0.6 is 0 Å². The predicted octanol–water partition coefficient (Wildman–Crippen LogP) is 0.361. The number of nitrogens with one attached hydrogen (secondary N) is 1. The van der Waals surface area contributed by atoms with Gasteiger partial charge in [-0.25, -0.2) is 13.4 Å². The highest BCUT2D eigenvalue weighted by molar-refractivity contribution is 7.90. The molecule has 2 aromatic heterocycles. The quantitative estimate of drug-likeness (QED) is 0.716. The lowest BCUT2D eigenvalue weighted by atomic mass is 10.3. The van der Waals surface area contributed by atoms with Crippen molar-refractivity contribution in [1.82, 2.24) is 15.2 Å². The Labute approximate surface area is 74.7 Å². The summed E-state index contributed by atoms with van der Waals surface area (Å²) in [6.45, 7) is 0. The molecule has 68 valence electrons. The van der Waals surface area contributed by atoms with Gasteiger partial charge in [0.15, 0.2) is 14.9 Å². The highest BCUT2D eigenvalue weighted by Gasteiger charge is 2.13. The summed E-state index contributed by atoms with van der Waals surface area (Å²) in [5, 5.41) is 7.14. The summed E-state index contributed by atoms with van der Waals surface area (Å²) in [6.07, 6.45) is 4.13. The minimum absolute atomic E-state index is 0.0440. The van der Waals surface area contributed by atoms with Gasteiger partial charge < -0.3 is 0 Å². The molecule has 0 saturated carbocycles. The van der Waals surface area contributed by atoms with Crippen LogP contribution in [0, 0.1) is 0 Å². The van der Waals surface area contributed by atoms with Gasteiger partial charge in [-0.3, -0.25) is 5.10 Å². The van der Waals surface area contributed by atoms with Crippen LogP contribution in [0.3, 0.4) is 0 Å². The summed E-state index contributed by atoms with van der Waals surface area (Å²) in [5.74, 6) is 0. The fourth-order valence-corrected chi connectivity index (χ4v) is 1.91. The maximum absolute atomic E-state index is 11.2. The van der Waals surface area contributed by atoms with E-state index in [1.807, 2.05) is 0 Å². The Hall–Kier alpha value is -1.43. The minimum atomic E-state index is -3.28. The molecule has 6 heteroatoms. The molecule has 0 amide bonds. The minimum Gasteiger partial charge on any atom is -0.275 e. The molecular formula is C7H7N3O2S. The van der Waals surface area contributed by atoms with Crippen molar-refractivity contribution in [2.24, 2.45) is 0 Å². The molecule has 1 N–H and O–H groups in total. The molecule has 0 unspecified atom stereocenters. The van der Waals surface area contributed by atoms with Gasteiger partial charge in [0, 0.05) is 17.8 Å². The molecule has 0 bridgehead atoms. The van der Waals surface area contributed by atoms with E-state index in [2.05, 4.69) is 15.2 Å². The molecule has 0 saturated heterocycles. The monoisotopic (exact) mass is 197 g/mol. The lowest BCUT2D eigenvalue weighted by molar-refractivity contribution is 0.599. The first-order chi connectivity index (χ1) is 6.09. The third kappa shape index (κ3) is 1.29. The van der Waals surface area contributed by atoms with E-state index in [4.69, 9.17) is 0 Å². The fourth-order valence-electron chi connectivity index (χ4n) is 1.12. The third-order valence-electron chi connectivity index (χ3n) is 1.68. The summed E-state index contributed by atoms with van der Waals surface area (Å²) in [4.78, 5) is 3.79.